The van der Waals surface area contributed by atoms with Gasteiger partial charge in [0.2, 0.25) is 0 Å². The maximum absolute atomic E-state index is 12.6. The predicted octanol–water partition coefficient (Wildman–Crippen LogP) is 4.03. The summed E-state index contributed by atoms with van der Waals surface area (Å²) >= 11 is 13.1. The molecule has 3 aromatic rings. The average molecular weight is 468 g/mol. The molecule has 2 heterocycles. The maximum Gasteiger partial charge on any atom is 0.349 e. The molecule has 10 heteroatoms. The van der Waals surface area contributed by atoms with Crippen molar-refractivity contribution in [2.75, 3.05) is 0 Å². The van der Waals surface area contributed by atoms with Gasteiger partial charge in [0.05, 0.1) is 17.8 Å². The van der Waals surface area contributed by atoms with Crippen molar-refractivity contribution in [2.24, 2.45) is 7.05 Å². The van der Waals surface area contributed by atoms with Gasteiger partial charge >= 0.3 is 5.97 Å². The van der Waals surface area contributed by atoms with Crippen LogP contribution in [0.25, 0.3) is 10.2 Å². The second-order valence-corrected chi connectivity index (χ2v) is 8.68. The maximum atomic E-state index is 12.6. The summed E-state index contributed by atoms with van der Waals surface area (Å²) in [5.41, 5.74) is 0.935. The second-order valence-electron chi connectivity index (χ2n) is 6.84. The highest BCUT2D eigenvalue weighted by molar-refractivity contribution is 7.20. The Balaban J connectivity index is 1.73. The van der Waals surface area contributed by atoms with Gasteiger partial charge in [-0.3, -0.25) is 9.59 Å². The lowest BCUT2D eigenvalue weighted by Crippen LogP contribution is -2.37. The molecule has 3 rings (SSSR count). The molecule has 1 N–H and O–H groups in total. The van der Waals surface area contributed by atoms with Gasteiger partial charge < -0.3 is 14.6 Å². The number of aryl methyl sites for hydroxylation is 2. The first-order valence-electron chi connectivity index (χ1n) is 9.01. The van der Waals surface area contributed by atoms with Crippen LogP contribution in [-0.2, 0) is 16.6 Å². The quantitative estimate of drug-likeness (QED) is 0.571. The summed E-state index contributed by atoms with van der Waals surface area (Å²) in [6.07, 6.45) is 0.348. The summed E-state index contributed by atoms with van der Waals surface area (Å²) in [6.45, 7) is 4.90. The number of thiophene rings is 1. The zero-order valence-electron chi connectivity index (χ0n) is 16.7. The van der Waals surface area contributed by atoms with E-state index in [9.17, 15) is 14.4 Å². The Labute approximate surface area is 186 Å². The van der Waals surface area contributed by atoms with Crippen LogP contribution in [0.15, 0.2) is 29.3 Å². The van der Waals surface area contributed by atoms with Gasteiger partial charge in [-0.05, 0) is 44.0 Å². The van der Waals surface area contributed by atoms with Crippen LogP contribution in [0, 0.1) is 6.92 Å². The number of nitrogens with one attached hydrogen (secondary N) is 1. The number of benzene rings is 1. The first-order chi connectivity index (χ1) is 14.1. The number of carbonyl (C=O) groups excluding carboxylic acids is 2. The van der Waals surface area contributed by atoms with E-state index in [-0.39, 0.29) is 10.4 Å². The first-order valence-corrected chi connectivity index (χ1v) is 10.6. The third-order valence-corrected chi connectivity index (χ3v) is 6.38. The summed E-state index contributed by atoms with van der Waals surface area (Å²) in [4.78, 5) is 42.3. The second kappa shape index (κ2) is 8.75. The fraction of sp³-hybridized carbons (Fsp3) is 0.300. The minimum absolute atomic E-state index is 0.243. The molecule has 0 fully saturated rings. The molecule has 0 aliphatic heterocycles. The van der Waals surface area contributed by atoms with Gasteiger partial charge in [0, 0.05) is 17.1 Å². The van der Waals surface area contributed by atoms with Gasteiger partial charge in [-0.1, -0.05) is 29.3 Å². The zero-order chi connectivity index (χ0) is 22.2. The molecule has 0 spiro atoms. The number of rotatable bonds is 5. The van der Waals surface area contributed by atoms with Crippen LogP contribution in [0.5, 0.6) is 0 Å². The van der Waals surface area contributed by atoms with E-state index in [2.05, 4.69) is 10.3 Å². The van der Waals surface area contributed by atoms with Gasteiger partial charge in [-0.25, -0.2) is 9.78 Å². The van der Waals surface area contributed by atoms with E-state index in [1.807, 2.05) is 0 Å². The summed E-state index contributed by atoms with van der Waals surface area (Å²) < 4.78 is 6.68. The standard InChI is InChI=1S/C20H19Cl2N3O4S/c1-9-15-18(23-8-25(4)19(15)27)30-16(9)20(28)29-11(3)17(26)24-10(2)13-6-5-12(21)7-14(13)22/h5-8,10-11H,1-4H3,(H,24,26). The van der Waals surface area contributed by atoms with Crippen molar-refractivity contribution in [2.45, 2.75) is 32.9 Å². The fourth-order valence-corrected chi connectivity index (χ4v) is 4.53. The number of aromatic nitrogens is 2. The van der Waals surface area contributed by atoms with Crippen molar-refractivity contribution in [1.29, 1.82) is 0 Å². The van der Waals surface area contributed by atoms with Crippen molar-refractivity contribution < 1.29 is 14.3 Å². The van der Waals surface area contributed by atoms with Crippen molar-refractivity contribution in [3.8, 4) is 0 Å². The molecule has 0 aliphatic carbocycles. The Bertz CT molecular complexity index is 1200. The molecule has 30 heavy (non-hydrogen) atoms. The number of esters is 1. The average Bonchev–Trinajstić information content (AvgIpc) is 3.01. The lowest BCUT2D eigenvalue weighted by molar-refractivity contribution is -0.129. The first kappa shape index (κ1) is 22.3. The van der Waals surface area contributed by atoms with Crippen molar-refractivity contribution >= 4 is 56.6 Å². The Morgan fingerprint density at radius 2 is 1.97 bits per heavy atom. The highest BCUT2D eigenvalue weighted by Crippen LogP contribution is 2.28. The molecule has 0 aliphatic rings. The Morgan fingerprint density at radius 1 is 1.27 bits per heavy atom. The lowest BCUT2D eigenvalue weighted by Gasteiger charge is -2.19. The van der Waals surface area contributed by atoms with E-state index < -0.39 is 24.0 Å². The Kier molecular flexibility index (Phi) is 6.50. The van der Waals surface area contributed by atoms with Crippen LogP contribution in [0.2, 0.25) is 10.0 Å². The van der Waals surface area contributed by atoms with E-state index in [1.165, 1.54) is 17.8 Å². The third kappa shape index (κ3) is 4.35. The molecule has 0 saturated carbocycles. The molecular weight excluding hydrogens is 449 g/mol. The van der Waals surface area contributed by atoms with Crippen LogP contribution in [0.1, 0.15) is 40.7 Å². The number of halogens is 2. The molecule has 158 valence electrons. The van der Waals surface area contributed by atoms with Crippen molar-refractivity contribution in [3.05, 3.63) is 60.9 Å². The normalized spacial score (nSPS) is 13.1. The highest BCUT2D eigenvalue weighted by Gasteiger charge is 2.25. The van der Waals surface area contributed by atoms with Crippen molar-refractivity contribution in [3.63, 3.8) is 0 Å². The summed E-state index contributed by atoms with van der Waals surface area (Å²) in [7, 11) is 1.59. The number of fused-ring (bicyclic) bond motifs is 1. The minimum Gasteiger partial charge on any atom is -0.448 e. The van der Waals surface area contributed by atoms with E-state index in [0.717, 1.165) is 11.3 Å². The predicted molar refractivity (Wildman–Crippen MR) is 117 cm³/mol. The third-order valence-electron chi connectivity index (χ3n) is 4.64. The topological polar surface area (TPSA) is 90.3 Å². The highest BCUT2D eigenvalue weighted by atomic mass is 35.5. The van der Waals surface area contributed by atoms with Crippen LogP contribution in [-0.4, -0.2) is 27.5 Å². The van der Waals surface area contributed by atoms with Crippen LogP contribution < -0.4 is 10.9 Å². The summed E-state index contributed by atoms with van der Waals surface area (Å²) in [6, 6.07) is 4.58. The largest absolute Gasteiger partial charge is 0.448 e. The molecular formula is C20H19Cl2N3O4S. The molecule has 0 saturated heterocycles. The summed E-state index contributed by atoms with van der Waals surface area (Å²) in [5, 5.41) is 4.06. The number of carbonyl (C=O) groups is 2. The Morgan fingerprint density at radius 3 is 2.63 bits per heavy atom. The monoisotopic (exact) mass is 467 g/mol. The minimum atomic E-state index is -1.05. The molecule has 0 bridgehead atoms. The lowest BCUT2D eigenvalue weighted by atomic mass is 10.1. The van der Waals surface area contributed by atoms with Gasteiger partial charge in [0.25, 0.3) is 11.5 Å². The van der Waals surface area contributed by atoms with Crippen LogP contribution in [0.4, 0.5) is 0 Å². The molecule has 7 nitrogen and oxygen atoms in total. The van der Waals surface area contributed by atoms with Crippen LogP contribution >= 0.6 is 34.5 Å². The summed E-state index contributed by atoms with van der Waals surface area (Å²) in [5.74, 6) is -1.16. The number of hydrogen-bond donors (Lipinski definition) is 1. The van der Waals surface area contributed by atoms with E-state index in [4.69, 9.17) is 27.9 Å². The number of hydrogen-bond acceptors (Lipinski definition) is 6. The molecule has 2 atom stereocenters. The van der Waals surface area contributed by atoms with Gasteiger partial charge in [-0.2, -0.15) is 0 Å². The molecule has 0 radical (unpaired) electrons. The molecule has 1 amide bonds. The molecule has 1 aromatic carbocycles. The number of amides is 1. The molecule has 2 unspecified atom stereocenters. The van der Waals surface area contributed by atoms with Gasteiger partial charge in [0.15, 0.2) is 6.10 Å². The SMILES string of the molecule is Cc1c(C(=O)OC(C)C(=O)NC(C)c2ccc(Cl)cc2Cl)sc2ncn(C)c(=O)c12. The number of nitrogens with zero attached hydrogens (tertiary/aromatic N) is 2. The Hall–Kier alpha value is -2.42. The van der Waals surface area contributed by atoms with Gasteiger partial charge in [-0.15, -0.1) is 11.3 Å². The van der Waals surface area contributed by atoms with Crippen LogP contribution in [0.3, 0.4) is 0 Å². The van der Waals surface area contributed by atoms with E-state index >= 15 is 0 Å². The fourth-order valence-electron chi connectivity index (χ4n) is 2.93. The van der Waals surface area contributed by atoms with Gasteiger partial charge in [0.1, 0.15) is 9.71 Å². The zero-order valence-corrected chi connectivity index (χ0v) is 19.0. The molecule has 2 aromatic heterocycles. The van der Waals surface area contributed by atoms with E-state index in [0.29, 0.717) is 31.4 Å². The van der Waals surface area contributed by atoms with Crippen molar-refractivity contribution in [1.82, 2.24) is 14.9 Å². The smallest absolute Gasteiger partial charge is 0.349 e. The number of ether oxygens (including phenoxy) is 1. The van der Waals surface area contributed by atoms with E-state index in [1.54, 1.807) is 39.1 Å².